The van der Waals surface area contributed by atoms with E-state index in [1.807, 2.05) is 25.1 Å². The third-order valence-corrected chi connectivity index (χ3v) is 5.07. The van der Waals surface area contributed by atoms with Crippen molar-refractivity contribution in [2.24, 2.45) is 0 Å². The Bertz CT molecular complexity index is 813. The van der Waals surface area contributed by atoms with Gasteiger partial charge in [-0.25, -0.2) is 9.97 Å². The molecule has 0 N–H and O–H groups in total. The Hall–Kier alpha value is -2.58. The van der Waals surface area contributed by atoms with Crippen LogP contribution in [0.4, 0.5) is 0 Å². The van der Waals surface area contributed by atoms with Gasteiger partial charge < -0.3 is 14.4 Å². The number of methoxy groups -OCH3 is 1. The van der Waals surface area contributed by atoms with Gasteiger partial charge in [0.15, 0.2) is 0 Å². The van der Waals surface area contributed by atoms with Gasteiger partial charge in [-0.2, -0.15) is 0 Å². The SMILES string of the molecule is COc1cnc(C(=O)N2C[C@@H]3OCCN(Cc4cccc(C)n4)[C@H]3C2)cn1. The number of aromatic nitrogens is 3. The predicted octanol–water partition coefficient (Wildman–Crippen LogP) is 0.914. The molecule has 0 spiro atoms. The second kappa shape index (κ2) is 7.58. The number of aryl methyl sites for hydroxylation is 1. The van der Waals surface area contributed by atoms with E-state index in [2.05, 4.69) is 19.9 Å². The zero-order valence-electron chi connectivity index (χ0n) is 15.5. The molecule has 4 heterocycles. The van der Waals surface area contributed by atoms with Gasteiger partial charge in [0.2, 0.25) is 5.88 Å². The molecule has 2 aromatic rings. The van der Waals surface area contributed by atoms with Crippen LogP contribution in [0.1, 0.15) is 21.9 Å². The Kier molecular flexibility index (Phi) is 5.00. The Balaban J connectivity index is 1.46. The minimum atomic E-state index is -0.128. The largest absolute Gasteiger partial charge is 0.480 e. The summed E-state index contributed by atoms with van der Waals surface area (Å²) >= 11 is 0. The number of rotatable bonds is 4. The highest BCUT2D eigenvalue weighted by molar-refractivity contribution is 5.92. The first-order chi connectivity index (χ1) is 13.1. The summed E-state index contributed by atoms with van der Waals surface area (Å²) in [6, 6.07) is 6.23. The average molecular weight is 369 g/mol. The number of carbonyl (C=O) groups excluding carboxylic acids is 1. The van der Waals surface area contributed by atoms with Crippen LogP contribution in [0.3, 0.4) is 0 Å². The predicted molar refractivity (Wildman–Crippen MR) is 97.4 cm³/mol. The van der Waals surface area contributed by atoms with Crippen LogP contribution in [0.25, 0.3) is 0 Å². The molecule has 142 valence electrons. The van der Waals surface area contributed by atoms with Crippen LogP contribution in [0.5, 0.6) is 5.88 Å². The van der Waals surface area contributed by atoms with Gasteiger partial charge >= 0.3 is 0 Å². The second-order valence-corrected chi connectivity index (χ2v) is 6.87. The molecular weight excluding hydrogens is 346 g/mol. The molecule has 0 bridgehead atoms. The number of amides is 1. The van der Waals surface area contributed by atoms with E-state index in [-0.39, 0.29) is 18.1 Å². The van der Waals surface area contributed by atoms with Gasteiger partial charge in [0, 0.05) is 31.9 Å². The Labute approximate surface area is 158 Å². The van der Waals surface area contributed by atoms with Gasteiger partial charge in [0.1, 0.15) is 5.69 Å². The smallest absolute Gasteiger partial charge is 0.274 e. The molecule has 0 saturated carbocycles. The van der Waals surface area contributed by atoms with Crippen molar-refractivity contribution in [1.29, 1.82) is 0 Å². The minimum Gasteiger partial charge on any atom is -0.480 e. The highest BCUT2D eigenvalue weighted by Gasteiger charge is 2.42. The quantitative estimate of drug-likeness (QED) is 0.792. The molecule has 0 unspecified atom stereocenters. The third-order valence-electron chi connectivity index (χ3n) is 5.07. The molecule has 2 saturated heterocycles. The lowest BCUT2D eigenvalue weighted by atomic mass is 10.1. The topological polar surface area (TPSA) is 80.7 Å². The first-order valence-electron chi connectivity index (χ1n) is 9.07. The summed E-state index contributed by atoms with van der Waals surface area (Å²) in [5.74, 6) is 0.263. The van der Waals surface area contributed by atoms with Crippen LogP contribution in [-0.4, -0.2) is 76.2 Å². The number of carbonyl (C=O) groups is 1. The fourth-order valence-corrected chi connectivity index (χ4v) is 3.71. The second-order valence-electron chi connectivity index (χ2n) is 6.87. The maximum absolute atomic E-state index is 12.8. The van der Waals surface area contributed by atoms with Crippen LogP contribution >= 0.6 is 0 Å². The Morgan fingerprint density at radius 2 is 2.19 bits per heavy atom. The highest BCUT2D eigenvalue weighted by atomic mass is 16.5. The molecule has 0 aliphatic carbocycles. The van der Waals surface area contributed by atoms with Crippen molar-refractivity contribution < 1.29 is 14.3 Å². The molecule has 2 aromatic heterocycles. The molecule has 1 amide bonds. The van der Waals surface area contributed by atoms with Crippen molar-refractivity contribution in [3.8, 4) is 5.88 Å². The van der Waals surface area contributed by atoms with Gasteiger partial charge in [-0.1, -0.05) is 6.07 Å². The lowest BCUT2D eigenvalue weighted by Gasteiger charge is -2.36. The average Bonchev–Trinajstić information content (AvgIpc) is 3.13. The molecule has 27 heavy (non-hydrogen) atoms. The maximum atomic E-state index is 12.8. The number of ether oxygens (including phenoxy) is 2. The monoisotopic (exact) mass is 369 g/mol. The Morgan fingerprint density at radius 1 is 1.30 bits per heavy atom. The van der Waals surface area contributed by atoms with Crippen molar-refractivity contribution in [3.05, 3.63) is 47.7 Å². The van der Waals surface area contributed by atoms with Crippen LogP contribution in [0.15, 0.2) is 30.6 Å². The molecule has 8 nitrogen and oxygen atoms in total. The summed E-state index contributed by atoms with van der Waals surface area (Å²) in [4.78, 5) is 29.8. The first-order valence-corrected chi connectivity index (χ1v) is 9.07. The fraction of sp³-hybridized carbons (Fsp3) is 0.474. The third kappa shape index (κ3) is 3.77. The molecule has 2 fully saturated rings. The van der Waals surface area contributed by atoms with Crippen LogP contribution in [-0.2, 0) is 11.3 Å². The molecule has 2 atom stereocenters. The standard InChI is InChI=1S/C19H23N5O3/c1-13-4-3-5-14(22-13)10-23-6-7-27-17-12-24(11-16(17)23)19(25)15-8-21-18(26-2)9-20-15/h3-5,8-9,16-17H,6-7,10-12H2,1-2H3/t16-,17-/m0/s1. The zero-order chi connectivity index (χ0) is 18.8. The fourth-order valence-electron chi connectivity index (χ4n) is 3.71. The molecule has 8 heteroatoms. The number of hydrogen-bond donors (Lipinski definition) is 0. The van der Waals surface area contributed by atoms with Gasteiger partial charge in [0.05, 0.1) is 44.0 Å². The van der Waals surface area contributed by atoms with E-state index in [9.17, 15) is 4.79 Å². The maximum Gasteiger partial charge on any atom is 0.274 e. The van der Waals surface area contributed by atoms with Crippen molar-refractivity contribution in [2.75, 3.05) is 33.4 Å². The zero-order valence-corrected chi connectivity index (χ0v) is 15.5. The van der Waals surface area contributed by atoms with E-state index in [0.717, 1.165) is 24.5 Å². The number of morpholine rings is 1. The molecule has 2 aliphatic rings. The summed E-state index contributed by atoms with van der Waals surface area (Å²) in [5.41, 5.74) is 2.38. The van der Waals surface area contributed by atoms with E-state index in [1.165, 1.54) is 19.5 Å². The van der Waals surface area contributed by atoms with Gasteiger partial charge in [0.25, 0.3) is 5.91 Å². The van der Waals surface area contributed by atoms with Gasteiger partial charge in [-0.3, -0.25) is 14.7 Å². The highest BCUT2D eigenvalue weighted by Crippen LogP contribution is 2.25. The van der Waals surface area contributed by atoms with E-state index in [1.54, 1.807) is 4.90 Å². The summed E-state index contributed by atoms with van der Waals surface area (Å²) in [6.45, 7) is 5.44. The van der Waals surface area contributed by atoms with Crippen LogP contribution in [0.2, 0.25) is 0 Å². The summed E-state index contributed by atoms with van der Waals surface area (Å²) in [6.07, 6.45) is 2.93. The number of nitrogens with zero attached hydrogens (tertiary/aromatic N) is 5. The van der Waals surface area contributed by atoms with Crippen LogP contribution < -0.4 is 4.74 Å². The van der Waals surface area contributed by atoms with Gasteiger partial charge in [-0.05, 0) is 19.1 Å². The van der Waals surface area contributed by atoms with Gasteiger partial charge in [-0.15, -0.1) is 0 Å². The lowest BCUT2D eigenvalue weighted by Crippen LogP contribution is -2.50. The summed E-state index contributed by atoms with van der Waals surface area (Å²) in [7, 11) is 1.52. The number of fused-ring (bicyclic) bond motifs is 1. The molecule has 4 rings (SSSR count). The van der Waals surface area contributed by atoms with E-state index in [0.29, 0.717) is 31.3 Å². The number of likely N-dealkylation sites (tertiary alicyclic amines) is 1. The minimum absolute atomic E-state index is 0.0127. The van der Waals surface area contributed by atoms with E-state index < -0.39 is 0 Å². The van der Waals surface area contributed by atoms with Crippen molar-refractivity contribution in [3.63, 3.8) is 0 Å². The normalized spacial score (nSPS) is 22.5. The molecule has 2 aliphatic heterocycles. The van der Waals surface area contributed by atoms with E-state index in [4.69, 9.17) is 9.47 Å². The first kappa shape index (κ1) is 17.8. The summed E-state index contributed by atoms with van der Waals surface area (Å²) in [5, 5.41) is 0. The Morgan fingerprint density at radius 3 is 2.93 bits per heavy atom. The molecule has 0 aromatic carbocycles. The van der Waals surface area contributed by atoms with Crippen molar-refractivity contribution >= 4 is 5.91 Å². The number of pyridine rings is 1. The van der Waals surface area contributed by atoms with Crippen LogP contribution in [0, 0.1) is 6.92 Å². The molecule has 0 radical (unpaired) electrons. The summed E-state index contributed by atoms with van der Waals surface area (Å²) < 4.78 is 10.9. The number of hydrogen-bond acceptors (Lipinski definition) is 7. The lowest BCUT2D eigenvalue weighted by molar-refractivity contribution is -0.0507. The molecular formula is C19H23N5O3. The van der Waals surface area contributed by atoms with E-state index >= 15 is 0 Å². The van der Waals surface area contributed by atoms with Crippen molar-refractivity contribution in [1.82, 2.24) is 24.8 Å². The van der Waals surface area contributed by atoms with Crippen molar-refractivity contribution in [2.45, 2.75) is 25.6 Å².